The second-order valence-corrected chi connectivity index (χ2v) is 7.33. The van der Waals surface area contributed by atoms with Gasteiger partial charge in [-0.3, -0.25) is 4.79 Å². The summed E-state index contributed by atoms with van der Waals surface area (Å²) in [5, 5.41) is 12.7. The van der Waals surface area contributed by atoms with E-state index >= 15 is 0 Å². The summed E-state index contributed by atoms with van der Waals surface area (Å²) in [5.74, 6) is -0.375. The molecular formula is C18H22N2O4S. The Morgan fingerprint density at radius 2 is 1.72 bits per heavy atom. The summed E-state index contributed by atoms with van der Waals surface area (Å²) in [6.45, 7) is 2.31. The van der Waals surface area contributed by atoms with Gasteiger partial charge in [-0.05, 0) is 36.2 Å². The van der Waals surface area contributed by atoms with Crippen LogP contribution in [0.3, 0.4) is 0 Å². The first-order chi connectivity index (χ1) is 11.9. The molecule has 0 aromatic heterocycles. The molecule has 0 radical (unpaired) electrons. The van der Waals surface area contributed by atoms with E-state index < -0.39 is 16.1 Å². The molecule has 0 bridgehead atoms. The number of amides is 1. The van der Waals surface area contributed by atoms with Crippen molar-refractivity contribution in [3.63, 3.8) is 0 Å². The largest absolute Gasteiger partial charge is 0.387 e. The Balaban J connectivity index is 1.96. The maximum atomic E-state index is 12.1. The molecule has 2 aromatic carbocycles. The molecule has 0 fully saturated rings. The maximum absolute atomic E-state index is 12.1. The Labute approximate surface area is 147 Å². The molecule has 7 heteroatoms. The zero-order valence-electron chi connectivity index (χ0n) is 14.0. The van der Waals surface area contributed by atoms with Crippen molar-refractivity contribution in [1.29, 1.82) is 0 Å². The highest BCUT2D eigenvalue weighted by Gasteiger charge is 2.15. The Morgan fingerprint density at radius 1 is 1.08 bits per heavy atom. The van der Waals surface area contributed by atoms with E-state index in [-0.39, 0.29) is 17.3 Å². The van der Waals surface area contributed by atoms with Crippen molar-refractivity contribution in [1.82, 2.24) is 10.0 Å². The minimum absolute atomic E-state index is 0.0704. The van der Waals surface area contributed by atoms with Gasteiger partial charge in [-0.1, -0.05) is 37.3 Å². The van der Waals surface area contributed by atoms with E-state index in [2.05, 4.69) is 10.0 Å². The van der Waals surface area contributed by atoms with Crippen LogP contribution >= 0.6 is 0 Å². The minimum atomic E-state index is -3.55. The highest BCUT2D eigenvalue weighted by Crippen LogP contribution is 2.13. The molecule has 0 aliphatic heterocycles. The second kappa shape index (κ2) is 8.75. The van der Waals surface area contributed by atoms with Gasteiger partial charge in [-0.2, -0.15) is 0 Å². The molecule has 0 unspecified atom stereocenters. The van der Waals surface area contributed by atoms with Crippen molar-refractivity contribution in [3.8, 4) is 0 Å². The molecule has 2 rings (SSSR count). The normalized spacial score (nSPS) is 12.6. The monoisotopic (exact) mass is 362 g/mol. The lowest BCUT2D eigenvalue weighted by Crippen LogP contribution is -2.28. The third kappa shape index (κ3) is 5.38. The van der Waals surface area contributed by atoms with Crippen molar-refractivity contribution in [2.24, 2.45) is 0 Å². The number of benzene rings is 2. The molecule has 0 saturated carbocycles. The third-order valence-corrected chi connectivity index (χ3v) is 5.09. The summed E-state index contributed by atoms with van der Waals surface area (Å²) in [5.41, 5.74) is 1.04. The van der Waals surface area contributed by atoms with E-state index in [0.29, 0.717) is 24.1 Å². The van der Waals surface area contributed by atoms with Gasteiger partial charge in [0.15, 0.2) is 0 Å². The lowest BCUT2D eigenvalue weighted by atomic mass is 10.1. The van der Waals surface area contributed by atoms with Crippen molar-refractivity contribution in [2.75, 3.05) is 13.1 Å². The fraction of sp³-hybridized carbons (Fsp3) is 0.278. The Bertz CT molecular complexity index is 790. The molecular weight excluding hydrogens is 340 g/mol. The highest BCUT2D eigenvalue weighted by atomic mass is 32.2. The first-order valence-electron chi connectivity index (χ1n) is 8.05. The molecule has 0 saturated heterocycles. The molecule has 6 nitrogen and oxygen atoms in total. The number of rotatable bonds is 8. The van der Waals surface area contributed by atoms with Crippen LogP contribution in [0.25, 0.3) is 0 Å². The molecule has 2 aromatic rings. The lowest BCUT2D eigenvalue weighted by Gasteiger charge is -2.12. The summed E-state index contributed by atoms with van der Waals surface area (Å²) in [7, 11) is -3.55. The molecule has 0 aliphatic carbocycles. The van der Waals surface area contributed by atoms with Gasteiger partial charge >= 0.3 is 0 Å². The van der Waals surface area contributed by atoms with Crippen LogP contribution < -0.4 is 10.0 Å². The van der Waals surface area contributed by atoms with E-state index in [1.165, 1.54) is 24.3 Å². The van der Waals surface area contributed by atoms with Gasteiger partial charge in [0, 0.05) is 18.7 Å². The summed E-state index contributed by atoms with van der Waals surface area (Å²) in [6, 6.07) is 14.7. The Morgan fingerprint density at radius 3 is 2.32 bits per heavy atom. The summed E-state index contributed by atoms with van der Waals surface area (Å²) in [6.07, 6.45) is -0.105. The summed E-state index contributed by atoms with van der Waals surface area (Å²) in [4.78, 5) is 12.2. The minimum Gasteiger partial charge on any atom is -0.387 e. The fourth-order valence-corrected chi connectivity index (χ4v) is 3.32. The molecule has 0 spiro atoms. The molecule has 0 aliphatic rings. The number of nitrogens with one attached hydrogen (secondary N) is 2. The number of aliphatic hydroxyl groups is 1. The van der Waals surface area contributed by atoms with Gasteiger partial charge in [0.1, 0.15) is 0 Å². The van der Waals surface area contributed by atoms with Crippen molar-refractivity contribution in [2.45, 2.75) is 24.3 Å². The summed E-state index contributed by atoms with van der Waals surface area (Å²) < 4.78 is 26.5. The Kier molecular flexibility index (Phi) is 6.69. The van der Waals surface area contributed by atoms with Crippen LogP contribution in [-0.4, -0.2) is 32.5 Å². The average Bonchev–Trinajstić information content (AvgIpc) is 2.65. The van der Waals surface area contributed by atoms with Gasteiger partial charge < -0.3 is 10.4 Å². The zero-order chi connectivity index (χ0) is 18.3. The second-order valence-electron chi connectivity index (χ2n) is 5.56. The molecule has 1 atom stereocenters. The van der Waals surface area contributed by atoms with Gasteiger partial charge in [-0.15, -0.1) is 0 Å². The molecule has 0 heterocycles. The van der Waals surface area contributed by atoms with Crippen LogP contribution in [0.15, 0.2) is 59.5 Å². The summed E-state index contributed by atoms with van der Waals surface area (Å²) >= 11 is 0. The molecule has 1 amide bonds. The number of hydrogen-bond donors (Lipinski definition) is 3. The number of aliphatic hydroxyl groups excluding tert-OH is 1. The number of carbonyl (C=O) groups is 1. The molecule has 3 N–H and O–H groups in total. The molecule has 134 valence electrons. The van der Waals surface area contributed by atoms with E-state index in [0.717, 1.165) is 0 Å². The van der Waals surface area contributed by atoms with Gasteiger partial charge in [0.2, 0.25) is 10.0 Å². The van der Waals surface area contributed by atoms with E-state index in [1.54, 1.807) is 12.1 Å². The average molecular weight is 362 g/mol. The molecule has 25 heavy (non-hydrogen) atoms. The lowest BCUT2D eigenvalue weighted by molar-refractivity contribution is 0.0916. The number of sulfonamides is 1. The first kappa shape index (κ1) is 19.1. The predicted molar refractivity (Wildman–Crippen MR) is 95.7 cm³/mol. The van der Waals surface area contributed by atoms with Gasteiger partial charge in [0.25, 0.3) is 5.91 Å². The highest BCUT2D eigenvalue weighted by molar-refractivity contribution is 7.89. The van der Waals surface area contributed by atoms with Crippen molar-refractivity contribution < 1.29 is 18.3 Å². The predicted octanol–water partition coefficient (Wildman–Crippen LogP) is 1.84. The van der Waals surface area contributed by atoms with Crippen LogP contribution in [0.4, 0.5) is 0 Å². The van der Waals surface area contributed by atoms with Crippen molar-refractivity contribution >= 4 is 15.9 Å². The quantitative estimate of drug-likeness (QED) is 0.668. The Hall–Kier alpha value is -2.22. The van der Waals surface area contributed by atoms with Crippen LogP contribution in [0.5, 0.6) is 0 Å². The maximum Gasteiger partial charge on any atom is 0.251 e. The van der Waals surface area contributed by atoms with Crippen LogP contribution in [0, 0.1) is 0 Å². The number of hydrogen-bond acceptors (Lipinski definition) is 4. The van der Waals surface area contributed by atoms with Crippen molar-refractivity contribution in [3.05, 3.63) is 65.7 Å². The fourth-order valence-electron chi connectivity index (χ4n) is 2.19. The van der Waals surface area contributed by atoms with Gasteiger partial charge in [0.05, 0.1) is 11.0 Å². The number of carbonyl (C=O) groups excluding carboxylic acids is 1. The van der Waals surface area contributed by atoms with Crippen LogP contribution in [0.1, 0.15) is 35.4 Å². The topological polar surface area (TPSA) is 95.5 Å². The van der Waals surface area contributed by atoms with E-state index in [4.69, 9.17) is 0 Å². The third-order valence-electron chi connectivity index (χ3n) is 3.61. The SMILES string of the molecule is CCCNS(=O)(=O)c1ccc(C(=O)NC[C@H](O)c2ccccc2)cc1. The van der Waals surface area contributed by atoms with Crippen LogP contribution in [-0.2, 0) is 10.0 Å². The van der Waals surface area contributed by atoms with E-state index in [9.17, 15) is 18.3 Å². The smallest absolute Gasteiger partial charge is 0.251 e. The van der Waals surface area contributed by atoms with Gasteiger partial charge in [-0.25, -0.2) is 13.1 Å². The zero-order valence-corrected chi connectivity index (χ0v) is 14.8. The standard InChI is InChI=1S/C18H22N2O4S/c1-2-12-20-25(23,24)16-10-8-15(9-11-16)18(22)19-13-17(21)14-6-4-3-5-7-14/h3-11,17,20-21H,2,12-13H2,1H3,(H,19,22)/t17-/m0/s1. The van der Waals surface area contributed by atoms with Crippen LogP contribution in [0.2, 0.25) is 0 Å². The van der Waals surface area contributed by atoms with E-state index in [1.807, 2.05) is 25.1 Å². The first-order valence-corrected chi connectivity index (χ1v) is 9.53.